The number of rotatable bonds is 9. The van der Waals surface area contributed by atoms with E-state index < -0.39 is 6.10 Å². The van der Waals surface area contributed by atoms with Crippen LogP contribution < -0.4 is 14.8 Å². The molecule has 164 valence electrons. The summed E-state index contributed by atoms with van der Waals surface area (Å²) in [6.45, 7) is 2.08. The van der Waals surface area contributed by atoms with Crippen LogP contribution in [-0.2, 0) is 14.3 Å². The third-order valence-corrected chi connectivity index (χ3v) is 6.96. The van der Waals surface area contributed by atoms with Crippen LogP contribution in [0.1, 0.15) is 58.3 Å². The second-order valence-corrected chi connectivity index (χ2v) is 9.45. The van der Waals surface area contributed by atoms with Crippen LogP contribution in [0.15, 0.2) is 24.3 Å². The second kappa shape index (κ2) is 8.86. The van der Waals surface area contributed by atoms with Gasteiger partial charge in [0, 0.05) is 12.0 Å². The predicted molar refractivity (Wildman–Crippen MR) is 112 cm³/mol. The molecule has 0 spiro atoms. The molecule has 30 heavy (non-hydrogen) atoms. The highest BCUT2D eigenvalue weighted by atomic mass is 16.5. The van der Waals surface area contributed by atoms with Crippen LogP contribution in [-0.4, -0.2) is 37.2 Å². The molecule has 1 aromatic rings. The predicted octanol–water partition coefficient (Wildman–Crippen LogP) is 3.87. The Morgan fingerprint density at radius 1 is 1.03 bits per heavy atom. The summed E-state index contributed by atoms with van der Waals surface area (Å²) < 4.78 is 16.1. The zero-order valence-electron chi connectivity index (χ0n) is 18.0. The van der Waals surface area contributed by atoms with Crippen molar-refractivity contribution < 1.29 is 23.8 Å². The van der Waals surface area contributed by atoms with E-state index in [1.54, 1.807) is 14.0 Å². The van der Waals surface area contributed by atoms with Gasteiger partial charge in [-0.2, -0.15) is 0 Å². The first kappa shape index (κ1) is 21.0. The molecule has 1 amide bonds. The molecule has 0 heterocycles. The van der Waals surface area contributed by atoms with Crippen LogP contribution in [0, 0.1) is 17.8 Å². The second-order valence-electron chi connectivity index (χ2n) is 9.45. The summed E-state index contributed by atoms with van der Waals surface area (Å²) in [5.41, 5.74) is -0.0568. The molecule has 0 radical (unpaired) electrons. The zero-order chi connectivity index (χ0) is 21.1. The molecule has 6 nitrogen and oxygen atoms in total. The fraction of sp³-hybridized carbons (Fsp3) is 0.667. The average molecular weight is 416 g/mol. The first-order valence-corrected chi connectivity index (χ1v) is 11.2. The van der Waals surface area contributed by atoms with Crippen LogP contribution in [0.5, 0.6) is 11.5 Å². The minimum Gasteiger partial charge on any atom is -0.497 e. The van der Waals surface area contributed by atoms with E-state index in [4.69, 9.17) is 14.2 Å². The Balaban J connectivity index is 1.16. The Labute approximate surface area is 178 Å². The van der Waals surface area contributed by atoms with Crippen molar-refractivity contribution >= 4 is 11.9 Å². The monoisotopic (exact) mass is 415 g/mol. The Morgan fingerprint density at radius 3 is 2.17 bits per heavy atom. The van der Waals surface area contributed by atoms with Crippen molar-refractivity contribution in [3.8, 4) is 11.5 Å². The normalized spacial score (nSPS) is 29.9. The SMILES string of the molecule is COc1ccc(OCCCC(=O)O[C@H](C)C(=O)NC23CC4CC(CC(C4)C2)C3)cc1. The molecule has 4 fully saturated rings. The van der Waals surface area contributed by atoms with Crippen molar-refractivity contribution in [2.45, 2.75) is 69.9 Å². The molecule has 4 saturated carbocycles. The van der Waals surface area contributed by atoms with E-state index in [1.807, 2.05) is 24.3 Å². The van der Waals surface area contributed by atoms with Gasteiger partial charge in [-0.1, -0.05) is 0 Å². The van der Waals surface area contributed by atoms with Crippen LogP contribution in [0.4, 0.5) is 0 Å². The highest BCUT2D eigenvalue weighted by Gasteiger charge is 2.51. The van der Waals surface area contributed by atoms with Gasteiger partial charge in [0.05, 0.1) is 13.7 Å². The summed E-state index contributed by atoms with van der Waals surface area (Å²) in [6, 6.07) is 7.31. The lowest BCUT2D eigenvalue weighted by Crippen LogP contribution is -2.61. The van der Waals surface area contributed by atoms with Crippen LogP contribution in [0.3, 0.4) is 0 Å². The summed E-state index contributed by atoms with van der Waals surface area (Å²) >= 11 is 0. The maximum Gasteiger partial charge on any atom is 0.306 e. The van der Waals surface area contributed by atoms with E-state index in [0.717, 1.165) is 48.5 Å². The van der Waals surface area contributed by atoms with Gasteiger partial charge in [0.25, 0.3) is 5.91 Å². The van der Waals surface area contributed by atoms with Gasteiger partial charge >= 0.3 is 5.97 Å². The molecule has 0 unspecified atom stereocenters. The molecular weight excluding hydrogens is 382 g/mol. The molecule has 1 atom stereocenters. The third-order valence-electron chi connectivity index (χ3n) is 6.96. The molecule has 1 N–H and O–H groups in total. The fourth-order valence-corrected chi connectivity index (χ4v) is 6.01. The number of amides is 1. The number of carbonyl (C=O) groups is 2. The van der Waals surface area contributed by atoms with Crippen molar-refractivity contribution in [2.24, 2.45) is 17.8 Å². The van der Waals surface area contributed by atoms with Crippen LogP contribution in [0.2, 0.25) is 0 Å². The van der Waals surface area contributed by atoms with Crippen molar-refractivity contribution in [3.63, 3.8) is 0 Å². The summed E-state index contributed by atoms with van der Waals surface area (Å²) in [4.78, 5) is 24.8. The highest BCUT2D eigenvalue weighted by molar-refractivity contribution is 5.84. The summed E-state index contributed by atoms with van der Waals surface area (Å²) in [7, 11) is 1.62. The van der Waals surface area contributed by atoms with E-state index in [0.29, 0.717) is 13.0 Å². The molecule has 5 rings (SSSR count). The van der Waals surface area contributed by atoms with Gasteiger partial charge in [-0.3, -0.25) is 9.59 Å². The molecule has 4 aliphatic rings. The average Bonchev–Trinajstić information content (AvgIpc) is 2.70. The van der Waals surface area contributed by atoms with Gasteiger partial charge in [0.15, 0.2) is 6.10 Å². The standard InChI is InChI=1S/C24H33NO5/c1-16(23(27)25-24-13-17-10-18(14-24)12-19(11-17)15-24)30-22(26)4-3-9-29-21-7-5-20(28-2)6-8-21/h5-8,16-19H,3-4,9-15H2,1-2H3,(H,25,27)/t16-,17?,18?,19?,24?/m1/s1. The molecule has 4 aliphatic carbocycles. The van der Waals surface area contributed by atoms with Gasteiger partial charge in [0.1, 0.15) is 11.5 Å². The van der Waals surface area contributed by atoms with Crippen LogP contribution >= 0.6 is 0 Å². The first-order chi connectivity index (χ1) is 14.4. The van der Waals surface area contributed by atoms with Gasteiger partial charge in [-0.25, -0.2) is 0 Å². The van der Waals surface area contributed by atoms with Crippen molar-refractivity contribution in [3.05, 3.63) is 24.3 Å². The molecule has 0 aliphatic heterocycles. The van der Waals surface area contributed by atoms with Crippen molar-refractivity contribution in [2.75, 3.05) is 13.7 Å². The maximum absolute atomic E-state index is 12.7. The first-order valence-electron chi connectivity index (χ1n) is 11.2. The van der Waals surface area contributed by atoms with Gasteiger partial charge in [-0.05, 0) is 93.9 Å². The Bertz CT molecular complexity index is 724. The number of carbonyl (C=O) groups excluding carboxylic acids is 2. The minimum atomic E-state index is -0.756. The maximum atomic E-state index is 12.7. The number of nitrogens with one attached hydrogen (secondary N) is 1. The zero-order valence-corrected chi connectivity index (χ0v) is 18.0. The Kier molecular flexibility index (Phi) is 6.21. The lowest BCUT2D eigenvalue weighted by molar-refractivity contribution is -0.156. The van der Waals surface area contributed by atoms with Crippen molar-refractivity contribution in [1.29, 1.82) is 0 Å². The molecular formula is C24H33NO5. The lowest BCUT2D eigenvalue weighted by Gasteiger charge is -2.57. The topological polar surface area (TPSA) is 73.9 Å². The lowest BCUT2D eigenvalue weighted by atomic mass is 9.53. The largest absolute Gasteiger partial charge is 0.497 e. The molecule has 0 saturated heterocycles. The molecule has 4 bridgehead atoms. The van der Waals surface area contributed by atoms with E-state index in [-0.39, 0.29) is 23.8 Å². The number of hydrogen-bond acceptors (Lipinski definition) is 5. The minimum absolute atomic E-state index is 0.0568. The van der Waals surface area contributed by atoms with E-state index in [2.05, 4.69) is 5.32 Å². The van der Waals surface area contributed by atoms with Crippen molar-refractivity contribution in [1.82, 2.24) is 5.32 Å². The quantitative estimate of drug-likeness (QED) is 0.490. The number of esters is 1. The number of benzene rings is 1. The summed E-state index contributed by atoms with van der Waals surface area (Å²) in [5, 5.41) is 3.28. The summed E-state index contributed by atoms with van der Waals surface area (Å²) in [6.07, 6.45) is 7.28. The fourth-order valence-electron chi connectivity index (χ4n) is 6.01. The third kappa shape index (κ3) is 4.90. The molecule has 6 heteroatoms. The smallest absolute Gasteiger partial charge is 0.306 e. The van der Waals surface area contributed by atoms with Gasteiger partial charge in [-0.15, -0.1) is 0 Å². The highest BCUT2D eigenvalue weighted by Crippen LogP contribution is 2.55. The summed E-state index contributed by atoms with van der Waals surface area (Å²) in [5.74, 6) is 3.28. The van der Waals surface area contributed by atoms with Gasteiger partial charge < -0.3 is 19.5 Å². The van der Waals surface area contributed by atoms with Gasteiger partial charge in [0.2, 0.25) is 0 Å². The Hall–Kier alpha value is -2.24. The van der Waals surface area contributed by atoms with Crippen LogP contribution in [0.25, 0.3) is 0 Å². The molecule has 1 aromatic carbocycles. The number of hydrogen-bond donors (Lipinski definition) is 1. The number of ether oxygens (including phenoxy) is 3. The van der Waals surface area contributed by atoms with E-state index in [9.17, 15) is 9.59 Å². The number of methoxy groups -OCH3 is 1. The van der Waals surface area contributed by atoms with E-state index >= 15 is 0 Å². The van der Waals surface area contributed by atoms with E-state index in [1.165, 1.54) is 19.3 Å². The molecule has 0 aromatic heterocycles. The Morgan fingerprint density at radius 2 is 1.60 bits per heavy atom.